The van der Waals surface area contributed by atoms with Gasteiger partial charge >= 0.3 is 5.97 Å². The van der Waals surface area contributed by atoms with Crippen molar-refractivity contribution < 1.29 is 18.3 Å². The quantitative estimate of drug-likeness (QED) is 0.897. The molecule has 0 aliphatic rings. The number of anilines is 1. The van der Waals surface area contributed by atoms with E-state index in [1.807, 2.05) is 0 Å². The van der Waals surface area contributed by atoms with Gasteiger partial charge < -0.3 is 5.11 Å². The number of nitrogens with one attached hydrogen (secondary N) is 1. The zero-order chi connectivity index (χ0) is 14.9. The van der Waals surface area contributed by atoms with Crippen molar-refractivity contribution in [2.24, 2.45) is 0 Å². The summed E-state index contributed by atoms with van der Waals surface area (Å²) >= 11 is 6.65. The van der Waals surface area contributed by atoms with Crippen LogP contribution in [0.1, 0.15) is 16.1 Å². The van der Waals surface area contributed by atoms with E-state index >= 15 is 0 Å². The summed E-state index contributed by atoms with van der Waals surface area (Å²) in [5.74, 6) is -1.39. The molecule has 0 saturated heterocycles. The fourth-order valence-electron chi connectivity index (χ4n) is 1.43. The van der Waals surface area contributed by atoms with Gasteiger partial charge in [-0.3, -0.25) is 4.72 Å². The van der Waals surface area contributed by atoms with Gasteiger partial charge in [0, 0.05) is 5.02 Å². The molecule has 1 heterocycles. The van der Waals surface area contributed by atoms with Crippen LogP contribution in [0.2, 0.25) is 5.02 Å². The first-order valence-corrected chi connectivity index (χ1v) is 8.01. The van der Waals surface area contributed by atoms with Crippen LogP contribution in [-0.4, -0.2) is 24.5 Å². The molecule has 0 spiro atoms. The summed E-state index contributed by atoms with van der Waals surface area (Å²) < 4.78 is 26.2. The highest BCUT2D eigenvalue weighted by molar-refractivity contribution is 7.94. The Morgan fingerprint density at radius 2 is 2.15 bits per heavy atom. The van der Waals surface area contributed by atoms with E-state index in [-0.39, 0.29) is 9.90 Å². The molecule has 106 valence electrons. The number of aromatic carboxylic acids is 1. The standard InChI is InChI=1S/C11H9ClN2O4S2/c1-6-2-3-7(4-8(6)12)14-20(17,18)11-9(10(15)16)13-5-19-11/h2-5,14H,1H3,(H,15,16). The first-order chi connectivity index (χ1) is 9.31. The lowest BCUT2D eigenvalue weighted by Gasteiger charge is -2.08. The molecule has 2 N–H and O–H groups in total. The van der Waals surface area contributed by atoms with Crippen molar-refractivity contribution in [2.75, 3.05) is 4.72 Å². The van der Waals surface area contributed by atoms with Gasteiger partial charge in [0.2, 0.25) is 0 Å². The zero-order valence-corrected chi connectivity index (χ0v) is 12.5. The highest BCUT2D eigenvalue weighted by atomic mass is 35.5. The minimum atomic E-state index is -4.01. The summed E-state index contributed by atoms with van der Waals surface area (Å²) in [5, 5.41) is 9.31. The highest BCUT2D eigenvalue weighted by Crippen LogP contribution is 2.25. The number of hydrogen-bond acceptors (Lipinski definition) is 5. The molecule has 0 saturated carbocycles. The van der Waals surface area contributed by atoms with E-state index in [9.17, 15) is 13.2 Å². The number of halogens is 1. The van der Waals surface area contributed by atoms with Gasteiger partial charge in [-0.05, 0) is 24.6 Å². The molecule has 20 heavy (non-hydrogen) atoms. The maximum absolute atomic E-state index is 12.1. The van der Waals surface area contributed by atoms with E-state index in [1.165, 1.54) is 11.6 Å². The fraction of sp³-hybridized carbons (Fsp3) is 0.0909. The van der Waals surface area contributed by atoms with Crippen LogP contribution in [0.4, 0.5) is 5.69 Å². The van der Waals surface area contributed by atoms with Crippen LogP contribution >= 0.6 is 22.9 Å². The molecule has 0 aliphatic carbocycles. The Hall–Kier alpha value is -1.64. The molecule has 0 fully saturated rings. The summed E-state index contributed by atoms with van der Waals surface area (Å²) in [6.45, 7) is 1.78. The molecule has 1 aromatic heterocycles. The number of sulfonamides is 1. The van der Waals surface area contributed by atoms with E-state index in [1.54, 1.807) is 19.1 Å². The molecule has 1 aromatic carbocycles. The smallest absolute Gasteiger partial charge is 0.356 e. The lowest BCUT2D eigenvalue weighted by molar-refractivity contribution is 0.0687. The van der Waals surface area contributed by atoms with Gasteiger partial charge in [0.25, 0.3) is 10.0 Å². The van der Waals surface area contributed by atoms with Crippen molar-refractivity contribution in [2.45, 2.75) is 11.1 Å². The first-order valence-electron chi connectivity index (χ1n) is 5.27. The van der Waals surface area contributed by atoms with Crippen LogP contribution in [-0.2, 0) is 10.0 Å². The Balaban J connectivity index is 2.38. The molecule has 0 unspecified atom stereocenters. The number of aryl methyl sites for hydroxylation is 1. The van der Waals surface area contributed by atoms with Crippen LogP contribution in [0.15, 0.2) is 27.9 Å². The van der Waals surface area contributed by atoms with Crippen molar-refractivity contribution in [3.8, 4) is 0 Å². The number of hydrogen-bond donors (Lipinski definition) is 2. The van der Waals surface area contributed by atoms with Crippen molar-refractivity contribution in [1.82, 2.24) is 4.98 Å². The topological polar surface area (TPSA) is 96.4 Å². The summed E-state index contributed by atoms with van der Waals surface area (Å²) in [6.07, 6.45) is 0. The van der Waals surface area contributed by atoms with Crippen molar-refractivity contribution in [3.05, 3.63) is 40.0 Å². The molecule has 2 aromatic rings. The van der Waals surface area contributed by atoms with Crippen LogP contribution in [0.5, 0.6) is 0 Å². The third kappa shape index (κ3) is 2.92. The Morgan fingerprint density at radius 1 is 1.45 bits per heavy atom. The predicted octanol–water partition coefficient (Wildman–Crippen LogP) is 2.60. The first kappa shape index (κ1) is 14.8. The molecule has 0 amide bonds. The maximum atomic E-state index is 12.1. The minimum absolute atomic E-state index is 0.255. The van der Waals surface area contributed by atoms with Gasteiger partial charge in [0.05, 0.1) is 11.2 Å². The van der Waals surface area contributed by atoms with Gasteiger partial charge in [-0.1, -0.05) is 17.7 Å². The SMILES string of the molecule is Cc1ccc(NS(=O)(=O)c2scnc2C(=O)O)cc1Cl. The van der Waals surface area contributed by atoms with E-state index < -0.39 is 21.7 Å². The second-order valence-electron chi connectivity index (χ2n) is 3.86. The summed E-state index contributed by atoms with van der Waals surface area (Å²) in [4.78, 5) is 14.4. The van der Waals surface area contributed by atoms with Gasteiger partial charge in [-0.2, -0.15) is 0 Å². The monoisotopic (exact) mass is 332 g/mol. The number of thiazole rings is 1. The van der Waals surface area contributed by atoms with Gasteiger partial charge in [-0.25, -0.2) is 18.2 Å². The minimum Gasteiger partial charge on any atom is -0.476 e. The van der Waals surface area contributed by atoms with Crippen LogP contribution in [0.3, 0.4) is 0 Å². The molecule has 2 rings (SSSR count). The number of nitrogens with zero attached hydrogens (tertiary/aromatic N) is 1. The Kier molecular flexibility index (Phi) is 3.98. The lowest BCUT2D eigenvalue weighted by atomic mass is 10.2. The fourth-order valence-corrected chi connectivity index (χ4v) is 3.80. The molecule has 9 heteroatoms. The summed E-state index contributed by atoms with van der Waals surface area (Å²) in [7, 11) is -4.01. The number of benzene rings is 1. The maximum Gasteiger partial charge on any atom is 0.356 e. The van der Waals surface area contributed by atoms with E-state index in [4.69, 9.17) is 16.7 Å². The third-order valence-corrected chi connectivity index (χ3v) is 5.56. The number of aromatic nitrogens is 1. The largest absolute Gasteiger partial charge is 0.476 e. The van der Waals surface area contributed by atoms with Crippen LogP contribution in [0, 0.1) is 6.92 Å². The summed E-state index contributed by atoms with van der Waals surface area (Å²) in [6, 6.07) is 4.65. The number of rotatable bonds is 4. The van der Waals surface area contributed by atoms with Crippen LogP contribution < -0.4 is 4.72 Å². The van der Waals surface area contributed by atoms with E-state index in [2.05, 4.69) is 9.71 Å². The molecular formula is C11H9ClN2O4S2. The second-order valence-corrected chi connectivity index (χ2v) is 7.00. The molecule has 0 atom stereocenters. The zero-order valence-electron chi connectivity index (χ0n) is 10.1. The number of carboxylic acids is 1. The third-order valence-electron chi connectivity index (χ3n) is 2.41. The van der Waals surface area contributed by atoms with Crippen molar-refractivity contribution >= 4 is 44.6 Å². The number of carbonyl (C=O) groups is 1. The molecule has 0 aliphatic heterocycles. The van der Waals surface area contributed by atoms with E-state index in [0.29, 0.717) is 5.02 Å². The predicted molar refractivity (Wildman–Crippen MR) is 76.1 cm³/mol. The van der Waals surface area contributed by atoms with Gasteiger partial charge in [0.1, 0.15) is 0 Å². The second kappa shape index (κ2) is 5.39. The molecule has 0 bridgehead atoms. The Labute approximate surface area is 124 Å². The number of carboxylic acid groups (broad SMARTS) is 1. The highest BCUT2D eigenvalue weighted by Gasteiger charge is 2.25. The molecular weight excluding hydrogens is 324 g/mol. The van der Waals surface area contributed by atoms with E-state index in [0.717, 1.165) is 16.9 Å². The average Bonchev–Trinajstić information content (AvgIpc) is 2.83. The molecule has 0 radical (unpaired) electrons. The van der Waals surface area contributed by atoms with Gasteiger partial charge in [-0.15, -0.1) is 11.3 Å². The normalized spacial score (nSPS) is 11.3. The van der Waals surface area contributed by atoms with Crippen molar-refractivity contribution in [1.29, 1.82) is 0 Å². The Bertz CT molecular complexity index is 770. The van der Waals surface area contributed by atoms with Crippen LogP contribution in [0.25, 0.3) is 0 Å². The average molecular weight is 333 g/mol. The summed E-state index contributed by atoms with van der Waals surface area (Å²) in [5.41, 5.74) is 1.73. The lowest BCUT2D eigenvalue weighted by Crippen LogP contribution is -2.15. The molecule has 6 nitrogen and oxygen atoms in total. The Morgan fingerprint density at radius 3 is 2.75 bits per heavy atom. The van der Waals surface area contributed by atoms with Gasteiger partial charge in [0.15, 0.2) is 9.90 Å². The van der Waals surface area contributed by atoms with Crippen molar-refractivity contribution in [3.63, 3.8) is 0 Å².